The Bertz CT molecular complexity index is 1110. The van der Waals surface area contributed by atoms with Gasteiger partial charge in [-0.1, -0.05) is 12.1 Å². The highest BCUT2D eigenvalue weighted by atomic mass is 32.2. The quantitative estimate of drug-likeness (QED) is 0.699. The molecule has 4 rings (SSSR count). The van der Waals surface area contributed by atoms with E-state index in [-0.39, 0.29) is 28.2 Å². The smallest absolute Gasteiger partial charge is 0.256 e. The van der Waals surface area contributed by atoms with Crippen molar-refractivity contribution in [2.45, 2.75) is 30.6 Å². The standard InChI is InChI=1S/C24H28FN3O4S/c25-22-6-2-1-5-21(22)24(30)27-15-11-18(12-16-27)17-26-23(29)19-7-9-20(10-8-19)33(31,32)28-13-3-4-14-28/h1-2,5-10,18H,3-4,11-17H2,(H,26,29). The molecule has 1 N–H and O–H groups in total. The molecule has 2 saturated heterocycles. The minimum absolute atomic E-state index is 0.0828. The summed E-state index contributed by atoms with van der Waals surface area (Å²) in [7, 11) is -3.50. The molecule has 2 aromatic carbocycles. The molecule has 2 fully saturated rings. The fraction of sp³-hybridized carbons (Fsp3) is 0.417. The number of rotatable bonds is 6. The van der Waals surface area contributed by atoms with Crippen molar-refractivity contribution in [3.63, 3.8) is 0 Å². The van der Waals surface area contributed by atoms with Crippen LogP contribution in [0.4, 0.5) is 4.39 Å². The SMILES string of the molecule is O=C(NCC1CCN(C(=O)c2ccccc2F)CC1)c1ccc(S(=O)(=O)N2CCCC2)cc1. The molecule has 0 aromatic heterocycles. The topological polar surface area (TPSA) is 86.8 Å². The summed E-state index contributed by atoms with van der Waals surface area (Å²) < 4.78 is 40.6. The lowest BCUT2D eigenvalue weighted by Gasteiger charge is -2.32. The molecule has 2 amide bonds. The first-order chi connectivity index (χ1) is 15.9. The van der Waals surface area contributed by atoms with E-state index in [1.807, 2.05) is 0 Å². The molecule has 9 heteroatoms. The largest absolute Gasteiger partial charge is 0.352 e. The van der Waals surface area contributed by atoms with Gasteiger partial charge in [0.05, 0.1) is 10.5 Å². The summed E-state index contributed by atoms with van der Waals surface area (Å²) in [5.74, 6) is -0.867. The van der Waals surface area contributed by atoms with Crippen LogP contribution in [-0.2, 0) is 10.0 Å². The maximum absolute atomic E-state index is 13.9. The Morgan fingerprint density at radius 3 is 2.21 bits per heavy atom. The second kappa shape index (κ2) is 10.0. The van der Waals surface area contributed by atoms with Crippen molar-refractivity contribution >= 4 is 21.8 Å². The average Bonchev–Trinajstić information content (AvgIpc) is 3.39. The van der Waals surface area contributed by atoms with Crippen molar-refractivity contribution in [2.24, 2.45) is 5.92 Å². The summed E-state index contributed by atoms with van der Waals surface area (Å²) in [5, 5.41) is 2.90. The Kier molecular flexibility index (Phi) is 7.09. The van der Waals surface area contributed by atoms with Crippen LogP contribution in [0.25, 0.3) is 0 Å². The molecule has 176 valence electrons. The Morgan fingerprint density at radius 2 is 1.58 bits per heavy atom. The molecule has 0 radical (unpaired) electrons. The van der Waals surface area contributed by atoms with E-state index >= 15 is 0 Å². The third-order valence-corrected chi connectivity index (χ3v) is 8.29. The van der Waals surface area contributed by atoms with Gasteiger partial charge in [0.2, 0.25) is 10.0 Å². The number of sulfonamides is 1. The molecule has 7 nitrogen and oxygen atoms in total. The van der Waals surface area contributed by atoms with Crippen LogP contribution in [0.5, 0.6) is 0 Å². The Balaban J connectivity index is 1.27. The third-order valence-electron chi connectivity index (χ3n) is 6.38. The van der Waals surface area contributed by atoms with Gasteiger partial charge in [0, 0.05) is 38.3 Å². The zero-order chi connectivity index (χ0) is 23.4. The average molecular weight is 474 g/mol. The van der Waals surface area contributed by atoms with E-state index in [9.17, 15) is 22.4 Å². The fourth-order valence-electron chi connectivity index (χ4n) is 4.34. The molecule has 33 heavy (non-hydrogen) atoms. The highest BCUT2D eigenvalue weighted by Crippen LogP contribution is 2.22. The van der Waals surface area contributed by atoms with Gasteiger partial charge in [0.1, 0.15) is 5.82 Å². The van der Waals surface area contributed by atoms with Crippen LogP contribution in [0.3, 0.4) is 0 Å². The number of halogens is 1. The normalized spacial score (nSPS) is 17.8. The van der Waals surface area contributed by atoms with Gasteiger partial charge in [-0.25, -0.2) is 12.8 Å². The number of likely N-dealkylation sites (tertiary alicyclic amines) is 1. The van der Waals surface area contributed by atoms with E-state index in [0.29, 0.717) is 51.1 Å². The number of amides is 2. The van der Waals surface area contributed by atoms with E-state index in [1.54, 1.807) is 17.0 Å². The molecule has 0 atom stereocenters. The predicted octanol–water partition coefficient (Wildman–Crippen LogP) is 2.89. The van der Waals surface area contributed by atoms with Gasteiger partial charge in [-0.2, -0.15) is 4.31 Å². The fourth-order valence-corrected chi connectivity index (χ4v) is 5.86. The Morgan fingerprint density at radius 1 is 0.939 bits per heavy atom. The molecule has 0 spiro atoms. The second-order valence-corrected chi connectivity index (χ2v) is 10.5. The Hall–Kier alpha value is -2.78. The predicted molar refractivity (Wildman–Crippen MR) is 122 cm³/mol. The number of nitrogens with zero attached hydrogens (tertiary/aromatic N) is 2. The summed E-state index contributed by atoms with van der Waals surface area (Å²) in [4.78, 5) is 26.9. The highest BCUT2D eigenvalue weighted by Gasteiger charge is 2.28. The lowest BCUT2D eigenvalue weighted by atomic mass is 9.96. The molecular weight excluding hydrogens is 445 g/mol. The van der Waals surface area contributed by atoms with Crippen LogP contribution in [0.1, 0.15) is 46.4 Å². The molecular formula is C24H28FN3O4S. The lowest BCUT2D eigenvalue weighted by molar-refractivity contribution is 0.0679. The zero-order valence-electron chi connectivity index (χ0n) is 18.4. The number of piperidine rings is 1. The highest BCUT2D eigenvalue weighted by molar-refractivity contribution is 7.89. The summed E-state index contributed by atoms with van der Waals surface area (Å²) in [6.45, 7) is 2.56. The molecule has 2 heterocycles. The van der Waals surface area contributed by atoms with Crippen molar-refractivity contribution < 1.29 is 22.4 Å². The van der Waals surface area contributed by atoms with E-state index in [1.165, 1.54) is 40.7 Å². The van der Waals surface area contributed by atoms with Gasteiger partial charge in [0.25, 0.3) is 11.8 Å². The number of hydrogen-bond donors (Lipinski definition) is 1. The van der Waals surface area contributed by atoms with Crippen molar-refractivity contribution in [3.8, 4) is 0 Å². The van der Waals surface area contributed by atoms with Gasteiger partial charge >= 0.3 is 0 Å². The van der Waals surface area contributed by atoms with Crippen molar-refractivity contribution in [2.75, 3.05) is 32.7 Å². The molecule has 0 aliphatic carbocycles. The molecule has 0 bridgehead atoms. The Labute approximate surface area is 193 Å². The van der Waals surface area contributed by atoms with Crippen molar-refractivity contribution in [1.82, 2.24) is 14.5 Å². The van der Waals surface area contributed by atoms with Crippen LogP contribution in [-0.4, -0.2) is 62.2 Å². The summed E-state index contributed by atoms with van der Waals surface area (Å²) >= 11 is 0. The monoisotopic (exact) mass is 473 g/mol. The number of benzene rings is 2. The molecule has 0 saturated carbocycles. The maximum atomic E-state index is 13.9. The second-order valence-electron chi connectivity index (χ2n) is 8.56. The van der Waals surface area contributed by atoms with Crippen LogP contribution < -0.4 is 5.32 Å². The van der Waals surface area contributed by atoms with Gasteiger partial charge in [-0.3, -0.25) is 9.59 Å². The summed E-state index contributed by atoms with van der Waals surface area (Å²) in [5.41, 5.74) is 0.488. The van der Waals surface area contributed by atoms with Gasteiger partial charge < -0.3 is 10.2 Å². The first-order valence-corrected chi connectivity index (χ1v) is 12.7. The first-order valence-electron chi connectivity index (χ1n) is 11.3. The van der Waals surface area contributed by atoms with Crippen LogP contribution in [0.2, 0.25) is 0 Å². The van der Waals surface area contributed by atoms with E-state index in [0.717, 1.165) is 12.8 Å². The molecule has 2 aromatic rings. The van der Waals surface area contributed by atoms with Crippen molar-refractivity contribution in [3.05, 3.63) is 65.5 Å². The minimum Gasteiger partial charge on any atom is -0.352 e. The summed E-state index contributed by atoms with van der Waals surface area (Å²) in [6, 6.07) is 12.0. The van der Waals surface area contributed by atoms with Crippen LogP contribution in [0.15, 0.2) is 53.4 Å². The minimum atomic E-state index is -3.50. The van der Waals surface area contributed by atoms with Crippen molar-refractivity contribution in [1.29, 1.82) is 0 Å². The molecule has 2 aliphatic rings. The molecule has 2 aliphatic heterocycles. The van der Waals surface area contributed by atoms with E-state index < -0.39 is 15.8 Å². The number of hydrogen-bond acceptors (Lipinski definition) is 4. The molecule has 0 unspecified atom stereocenters. The first kappa shape index (κ1) is 23.4. The number of carbonyl (C=O) groups is 2. The number of carbonyl (C=O) groups excluding carboxylic acids is 2. The van der Waals surface area contributed by atoms with E-state index in [4.69, 9.17) is 0 Å². The lowest BCUT2D eigenvalue weighted by Crippen LogP contribution is -2.41. The zero-order valence-corrected chi connectivity index (χ0v) is 19.2. The summed E-state index contributed by atoms with van der Waals surface area (Å²) in [6.07, 6.45) is 3.17. The van der Waals surface area contributed by atoms with Crippen LogP contribution in [0, 0.1) is 11.7 Å². The van der Waals surface area contributed by atoms with Gasteiger partial charge in [-0.15, -0.1) is 0 Å². The third kappa shape index (κ3) is 5.25. The van der Waals surface area contributed by atoms with E-state index in [2.05, 4.69) is 5.32 Å². The number of nitrogens with one attached hydrogen (secondary N) is 1. The van der Waals surface area contributed by atoms with Crippen LogP contribution >= 0.6 is 0 Å². The van der Waals surface area contributed by atoms with Gasteiger partial charge in [-0.05, 0) is 68.0 Å². The maximum Gasteiger partial charge on any atom is 0.256 e. The van der Waals surface area contributed by atoms with Gasteiger partial charge in [0.15, 0.2) is 0 Å².